The van der Waals surface area contributed by atoms with E-state index in [0.717, 1.165) is 5.56 Å². The SMILES string of the molecule is COC(=O)CC1COc2c(Cl)cccc2C1C(C)C(=O)OC. The van der Waals surface area contributed by atoms with Gasteiger partial charge in [0.15, 0.2) is 0 Å². The molecule has 1 aliphatic heterocycles. The van der Waals surface area contributed by atoms with Crippen molar-refractivity contribution in [2.75, 3.05) is 20.8 Å². The predicted octanol–water partition coefficient (Wildman–Crippen LogP) is 2.80. The Kier molecular flexibility index (Phi) is 5.29. The number of benzene rings is 1. The normalized spacial score (nSPS) is 21.3. The van der Waals surface area contributed by atoms with Gasteiger partial charge in [0.05, 0.1) is 38.2 Å². The molecule has 1 aromatic carbocycles. The quantitative estimate of drug-likeness (QED) is 0.796. The van der Waals surface area contributed by atoms with Crippen molar-refractivity contribution < 1.29 is 23.8 Å². The van der Waals surface area contributed by atoms with Gasteiger partial charge in [-0.25, -0.2) is 0 Å². The van der Waals surface area contributed by atoms with Crippen molar-refractivity contribution in [3.05, 3.63) is 28.8 Å². The summed E-state index contributed by atoms with van der Waals surface area (Å²) in [5.41, 5.74) is 0.825. The van der Waals surface area contributed by atoms with Crippen LogP contribution in [-0.4, -0.2) is 32.8 Å². The predicted molar refractivity (Wildman–Crippen MR) is 81.0 cm³/mol. The molecule has 0 radical (unpaired) electrons. The van der Waals surface area contributed by atoms with Crippen LogP contribution in [0.15, 0.2) is 18.2 Å². The third-order valence-electron chi connectivity index (χ3n) is 4.07. The Hall–Kier alpha value is -1.75. The fourth-order valence-corrected chi connectivity index (χ4v) is 3.22. The molecule has 0 saturated heterocycles. The molecule has 0 spiro atoms. The molecule has 6 heteroatoms. The number of carbonyl (C=O) groups excluding carboxylic acids is 2. The second-order valence-electron chi connectivity index (χ2n) is 5.35. The second-order valence-corrected chi connectivity index (χ2v) is 5.75. The monoisotopic (exact) mass is 326 g/mol. The lowest BCUT2D eigenvalue weighted by molar-refractivity contribution is -0.148. The van der Waals surface area contributed by atoms with Crippen LogP contribution in [-0.2, 0) is 19.1 Å². The maximum absolute atomic E-state index is 12.0. The lowest BCUT2D eigenvalue weighted by atomic mass is 9.74. The van der Waals surface area contributed by atoms with Crippen molar-refractivity contribution in [1.82, 2.24) is 0 Å². The molecule has 2 rings (SSSR count). The molecule has 1 aromatic rings. The Balaban J connectivity index is 2.41. The molecular formula is C16H19ClO5. The molecule has 0 N–H and O–H groups in total. The summed E-state index contributed by atoms with van der Waals surface area (Å²) in [5, 5.41) is 0.496. The number of para-hydroxylation sites is 1. The van der Waals surface area contributed by atoms with Crippen molar-refractivity contribution >= 4 is 23.5 Å². The highest BCUT2D eigenvalue weighted by Crippen LogP contribution is 2.46. The summed E-state index contributed by atoms with van der Waals surface area (Å²) in [6, 6.07) is 5.41. The van der Waals surface area contributed by atoms with Crippen LogP contribution in [0.1, 0.15) is 24.8 Å². The van der Waals surface area contributed by atoms with Crippen molar-refractivity contribution in [3.8, 4) is 5.75 Å². The summed E-state index contributed by atoms with van der Waals surface area (Å²) < 4.78 is 15.3. The fourth-order valence-electron chi connectivity index (χ4n) is 2.98. The Morgan fingerprint density at radius 1 is 1.36 bits per heavy atom. The van der Waals surface area contributed by atoms with Gasteiger partial charge in [-0.2, -0.15) is 0 Å². The molecule has 1 aliphatic rings. The standard InChI is InChI=1S/C16H19ClO5/c1-9(16(19)21-3)14-10(7-13(18)20-2)8-22-15-11(14)5-4-6-12(15)17/h4-6,9-10,14H,7-8H2,1-3H3. The average molecular weight is 327 g/mol. The first kappa shape index (κ1) is 16.6. The Morgan fingerprint density at radius 3 is 2.73 bits per heavy atom. The first-order valence-electron chi connectivity index (χ1n) is 7.05. The molecule has 0 fully saturated rings. The second kappa shape index (κ2) is 7.01. The zero-order valence-electron chi connectivity index (χ0n) is 12.8. The number of halogens is 1. The lowest BCUT2D eigenvalue weighted by Crippen LogP contribution is -2.35. The number of hydrogen-bond acceptors (Lipinski definition) is 5. The van der Waals surface area contributed by atoms with Gasteiger partial charge in [0.25, 0.3) is 0 Å². The molecule has 0 aliphatic carbocycles. The van der Waals surface area contributed by atoms with Crippen molar-refractivity contribution in [2.45, 2.75) is 19.3 Å². The van der Waals surface area contributed by atoms with E-state index in [1.54, 1.807) is 13.0 Å². The van der Waals surface area contributed by atoms with E-state index in [0.29, 0.717) is 17.4 Å². The highest BCUT2D eigenvalue weighted by atomic mass is 35.5. The van der Waals surface area contributed by atoms with E-state index in [4.69, 9.17) is 25.8 Å². The maximum atomic E-state index is 12.0. The summed E-state index contributed by atoms with van der Waals surface area (Å²) in [7, 11) is 2.70. The van der Waals surface area contributed by atoms with Gasteiger partial charge < -0.3 is 14.2 Å². The Morgan fingerprint density at radius 2 is 2.09 bits per heavy atom. The molecule has 0 aromatic heterocycles. The third-order valence-corrected chi connectivity index (χ3v) is 4.37. The average Bonchev–Trinajstić information content (AvgIpc) is 2.53. The number of carbonyl (C=O) groups is 2. The molecule has 0 bridgehead atoms. The molecule has 3 atom stereocenters. The molecule has 120 valence electrons. The van der Waals surface area contributed by atoms with Gasteiger partial charge in [-0.3, -0.25) is 9.59 Å². The van der Waals surface area contributed by atoms with Gasteiger partial charge in [0.1, 0.15) is 5.75 Å². The van der Waals surface area contributed by atoms with Gasteiger partial charge in [-0.15, -0.1) is 0 Å². The summed E-state index contributed by atoms with van der Waals surface area (Å²) in [4.78, 5) is 23.6. The number of methoxy groups -OCH3 is 2. The largest absolute Gasteiger partial charge is 0.491 e. The van der Waals surface area contributed by atoms with Gasteiger partial charge in [-0.05, 0) is 6.07 Å². The summed E-state index contributed by atoms with van der Waals surface area (Å²) >= 11 is 6.17. The highest BCUT2D eigenvalue weighted by Gasteiger charge is 2.40. The molecule has 0 saturated carbocycles. The topological polar surface area (TPSA) is 61.8 Å². The van der Waals surface area contributed by atoms with Crippen molar-refractivity contribution in [3.63, 3.8) is 0 Å². The van der Waals surface area contributed by atoms with Crippen LogP contribution < -0.4 is 4.74 Å². The van der Waals surface area contributed by atoms with E-state index in [1.165, 1.54) is 14.2 Å². The molecule has 1 heterocycles. The molecule has 3 unspecified atom stereocenters. The maximum Gasteiger partial charge on any atom is 0.309 e. The summed E-state index contributed by atoms with van der Waals surface area (Å²) in [5.74, 6) is -0.887. The van der Waals surface area contributed by atoms with Crippen LogP contribution in [0.4, 0.5) is 0 Å². The van der Waals surface area contributed by atoms with Crippen LogP contribution in [0.5, 0.6) is 5.75 Å². The third kappa shape index (κ3) is 3.19. The number of esters is 2. The number of ether oxygens (including phenoxy) is 3. The summed E-state index contributed by atoms with van der Waals surface area (Å²) in [6.07, 6.45) is 0.175. The zero-order valence-corrected chi connectivity index (χ0v) is 13.6. The van der Waals surface area contributed by atoms with E-state index < -0.39 is 5.92 Å². The van der Waals surface area contributed by atoms with Crippen molar-refractivity contribution in [1.29, 1.82) is 0 Å². The lowest BCUT2D eigenvalue weighted by Gasteiger charge is -2.36. The fraction of sp³-hybridized carbons (Fsp3) is 0.500. The Labute approximate surface area is 134 Å². The van der Waals surface area contributed by atoms with E-state index in [9.17, 15) is 9.59 Å². The Bertz CT molecular complexity index is 572. The van der Waals surface area contributed by atoms with E-state index in [2.05, 4.69) is 0 Å². The highest BCUT2D eigenvalue weighted by molar-refractivity contribution is 6.32. The minimum atomic E-state index is -0.416. The van der Waals surface area contributed by atoms with Crippen LogP contribution >= 0.6 is 11.6 Å². The van der Waals surface area contributed by atoms with Crippen LogP contribution in [0.2, 0.25) is 5.02 Å². The van der Waals surface area contributed by atoms with Gasteiger partial charge in [-0.1, -0.05) is 30.7 Å². The van der Waals surface area contributed by atoms with E-state index in [-0.39, 0.29) is 30.2 Å². The van der Waals surface area contributed by atoms with Crippen LogP contribution in [0.3, 0.4) is 0 Å². The molecule has 5 nitrogen and oxygen atoms in total. The smallest absolute Gasteiger partial charge is 0.309 e. The van der Waals surface area contributed by atoms with Crippen LogP contribution in [0, 0.1) is 11.8 Å². The molecule has 22 heavy (non-hydrogen) atoms. The minimum Gasteiger partial charge on any atom is -0.491 e. The first-order valence-corrected chi connectivity index (χ1v) is 7.43. The van der Waals surface area contributed by atoms with E-state index in [1.807, 2.05) is 12.1 Å². The van der Waals surface area contributed by atoms with Crippen molar-refractivity contribution in [2.24, 2.45) is 11.8 Å². The number of fused-ring (bicyclic) bond motifs is 1. The minimum absolute atomic E-state index is 0.174. The van der Waals surface area contributed by atoms with Gasteiger partial charge in [0, 0.05) is 17.4 Å². The van der Waals surface area contributed by atoms with E-state index >= 15 is 0 Å². The summed E-state index contributed by atoms with van der Waals surface area (Å²) in [6.45, 7) is 2.09. The van der Waals surface area contributed by atoms with Gasteiger partial charge in [0.2, 0.25) is 0 Å². The van der Waals surface area contributed by atoms with Crippen LogP contribution in [0.25, 0.3) is 0 Å². The van der Waals surface area contributed by atoms with Gasteiger partial charge >= 0.3 is 11.9 Å². The first-order chi connectivity index (χ1) is 10.5. The molecule has 0 amide bonds. The zero-order chi connectivity index (χ0) is 16.3. The number of hydrogen-bond donors (Lipinski definition) is 0. The number of rotatable bonds is 4. The molecular weight excluding hydrogens is 308 g/mol.